The van der Waals surface area contributed by atoms with Crippen LogP contribution in [0, 0.1) is 6.92 Å². The van der Waals surface area contributed by atoms with Crippen LogP contribution < -0.4 is 10.1 Å². The molecule has 0 saturated carbocycles. The molecule has 240 valence electrons. The summed E-state index contributed by atoms with van der Waals surface area (Å²) in [5.41, 5.74) is 3.96. The van der Waals surface area contributed by atoms with E-state index in [1.165, 1.54) is 5.56 Å². The number of morpholine rings is 1. The lowest BCUT2D eigenvalue weighted by Crippen LogP contribution is -2.40. The number of benzene rings is 2. The van der Waals surface area contributed by atoms with Gasteiger partial charge < -0.3 is 19.5 Å². The zero-order valence-corrected chi connectivity index (χ0v) is 27.8. The van der Waals surface area contributed by atoms with Crippen molar-refractivity contribution in [3.8, 4) is 5.75 Å². The van der Waals surface area contributed by atoms with Crippen molar-refractivity contribution in [1.29, 1.82) is 0 Å². The smallest absolute Gasteiger partial charge is 0.349 e. The summed E-state index contributed by atoms with van der Waals surface area (Å²) < 4.78 is 16.6. The predicted octanol–water partition coefficient (Wildman–Crippen LogP) is 5.31. The van der Waals surface area contributed by atoms with Crippen molar-refractivity contribution in [1.82, 2.24) is 15.2 Å². The first-order valence-corrected chi connectivity index (χ1v) is 15.4. The molecule has 0 aromatic heterocycles. The molecular weight excluding hydrogens is 556 g/mol. The third kappa shape index (κ3) is 9.92. The van der Waals surface area contributed by atoms with E-state index in [9.17, 15) is 9.59 Å². The Morgan fingerprint density at radius 2 is 1.73 bits per heavy atom. The largest absolute Gasteiger partial charge is 0.476 e. The summed E-state index contributed by atoms with van der Waals surface area (Å²) in [6, 6.07) is 14.0. The fraction of sp³-hybridized carbons (Fsp3) is 0.514. The lowest BCUT2D eigenvalue weighted by atomic mass is 9.86. The maximum atomic E-state index is 13.1. The molecule has 2 aromatic rings. The molecule has 1 amide bonds. The molecule has 2 aromatic carbocycles. The van der Waals surface area contributed by atoms with Crippen LogP contribution in [0.2, 0.25) is 0 Å². The molecule has 0 radical (unpaired) electrons. The number of amides is 1. The number of hydrazone groups is 1. The van der Waals surface area contributed by atoms with E-state index in [1.807, 2.05) is 24.1 Å². The predicted molar refractivity (Wildman–Crippen MR) is 176 cm³/mol. The fourth-order valence-corrected chi connectivity index (χ4v) is 4.71. The van der Waals surface area contributed by atoms with Crippen LogP contribution in [0.5, 0.6) is 5.75 Å². The van der Waals surface area contributed by atoms with Gasteiger partial charge in [-0.1, -0.05) is 63.7 Å². The number of carbonyl (C=O) groups excluding carboxylic acids is 2. The number of nitrogens with zero attached hydrogens (tertiary/aromatic N) is 3. The van der Waals surface area contributed by atoms with E-state index < -0.39 is 11.6 Å². The number of ether oxygens (including phenoxy) is 3. The van der Waals surface area contributed by atoms with Gasteiger partial charge in [0, 0.05) is 26.2 Å². The van der Waals surface area contributed by atoms with E-state index in [1.54, 1.807) is 33.8 Å². The molecule has 0 atom stereocenters. The summed E-state index contributed by atoms with van der Waals surface area (Å²) in [7, 11) is 0. The van der Waals surface area contributed by atoms with E-state index in [4.69, 9.17) is 19.3 Å². The molecule has 1 aliphatic rings. The Bertz CT molecular complexity index is 1320. The second kappa shape index (κ2) is 15.3. The molecule has 0 aliphatic carbocycles. The van der Waals surface area contributed by atoms with Crippen molar-refractivity contribution in [2.75, 3.05) is 46.0 Å². The van der Waals surface area contributed by atoms with Gasteiger partial charge in [0.25, 0.3) is 5.91 Å². The summed E-state index contributed by atoms with van der Waals surface area (Å²) in [5.74, 6) is -0.103. The van der Waals surface area contributed by atoms with Crippen LogP contribution in [0.4, 0.5) is 0 Å². The number of hydrogen-bond acceptors (Lipinski definition) is 8. The van der Waals surface area contributed by atoms with Crippen molar-refractivity contribution in [2.24, 2.45) is 5.10 Å². The Morgan fingerprint density at radius 3 is 2.32 bits per heavy atom. The third-order valence-electron chi connectivity index (χ3n) is 7.55. The second-order valence-electron chi connectivity index (χ2n) is 12.7. The summed E-state index contributed by atoms with van der Waals surface area (Å²) in [6.45, 7) is 24.8. The molecule has 44 heavy (non-hydrogen) atoms. The van der Waals surface area contributed by atoms with Crippen LogP contribution in [0.1, 0.15) is 70.7 Å². The molecule has 1 saturated heterocycles. The maximum absolute atomic E-state index is 13.1. The van der Waals surface area contributed by atoms with Crippen molar-refractivity contribution < 1.29 is 23.8 Å². The Hall–Kier alpha value is -3.69. The quantitative estimate of drug-likeness (QED) is 0.188. The third-order valence-corrected chi connectivity index (χ3v) is 7.55. The van der Waals surface area contributed by atoms with Gasteiger partial charge in [0.1, 0.15) is 11.5 Å². The zero-order chi connectivity index (χ0) is 32.5. The summed E-state index contributed by atoms with van der Waals surface area (Å²) >= 11 is 0. The van der Waals surface area contributed by atoms with Crippen LogP contribution in [0.3, 0.4) is 0 Å². The van der Waals surface area contributed by atoms with Gasteiger partial charge in [0.15, 0.2) is 5.60 Å². The topological polar surface area (TPSA) is 92.7 Å². The molecule has 9 nitrogen and oxygen atoms in total. The number of rotatable bonds is 13. The highest BCUT2D eigenvalue weighted by atomic mass is 16.6. The molecule has 0 bridgehead atoms. The minimum Gasteiger partial charge on any atom is -0.476 e. The first-order valence-electron chi connectivity index (χ1n) is 15.4. The Morgan fingerprint density at radius 1 is 1.07 bits per heavy atom. The number of hydrogen-bond donors (Lipinski definition) is 1. The van der Waals surface area contributed by atoms with E-state index in [0.29, 0.717) is 24.6 Å². The minimum atomic E-state index is -1.11. The normalized spacial score (nSPS) is 14.6. The van der Waals surface area contributed by atoms with Crippen molar-refractivity contribution in [3.05, 3.63) is 71.3 Å². The maximum Gasteiger partial charge on any atom is 0.349 e. The van der Waals surface area contributed by atoms with Crippen molar-refractivity contribution in [3.63, 3.8) is 0 Å². The van der Waals surface area contributed by atoms with Crippen LogP contribution in [0.25, 0.3) is 5.70 Å². The molecule has 1 heterocycles. The van der Waals surface area contributed by atoms with Gasteiger partial charge in [-0.3, -0.25) is 14.7 Å². The van der Waals surface area contributed by atoms with Gasteiger partial charge in [-0.2, -0.15) is 5.10 Å². The van der Waals surface area contributed by atoms with Gasteiger partial charge in [-0.15, -0.1) is 0 Å². The van der Waals surface area contributed by atoms with E-state index >= 15 is 0 Å². The van der Waals surface area contributed by atoms with Crippen LogP contribution in [-0.2, 0) is 31.0 Å². The lowest BCUT2D eigenvalue weighted by Gasteiger charge is -2.30. The number of esters is 1. The standard InChI is InChI=1S/C35H50N4O5/c1-10-43-33(41)35(8,9)44-31-16-11-28(23-25(31)2)24-36-32(40)26(3)37-39(18-17-38-19-21-42-22-20-38)27(4)29-12-14-30(15-13-29)34(5,6)7/h11-16,23H,4,10,17-22,24H2,1-3,5-9H3,(H,36,40)/b37-26+. The zero-order valence-electron chi connectivity index (χ0n) is 27.8. The fourth-order valence-electron chi connectivity index (χ4n) is 4.71. The lowest BCUT2D eigenvalue weighted by molar-refractivity contribution is -0.158. The van der Waals surface area contributed by atoms with E-state index in [-0.39, 0.29) is 17.9 Å². The average molecular weight is 607 g/mol. The highest BCUT2D eigenvalue weighted by molar-refractivity contribution is 6.37. The first-order chi connectivity index (χ1) is 20.7. The molecule has 0 spiro atoms. The van der Waals surface area contributed by atoms with Gasteiger partial charge in [-0.25, -0.2) is 4.79 Å². The minimum absolute atomic E-state index is 0.0494. The van der Waals surface area contributed by atoms with Gasteiger partial charge >= 0.3 is 5.97 Å². The van der Waals surface area contributed by atoms with Crippen molar-refractivity contribution in [2.45, 2.75) is 73.0 Å². The SMILES string of the molecule is C=C(c1ccc(C(C)(C)C)cc1)N(CCN1CCOCC1)/N=C(\C)C(=O)NCc1ccc(OC(C)(C)C(=O)OCC)c(C)c1. The highest BCUT2D eigenvalue weighted by Gasteiger charge is 2.32. The molecular formula is C35H50N4O5. The van der Waals surface area contributed by atoms with Crippen LogP contribution >= 0.6 is 0 Å². The number of aryl methyl sites for hydroxylation is 1. The number of carbonyl (C=O) groups is 2. The highest BCUT2D eigenvalue weighted by Crippen LogP contribution is 2.26. The molecule has 1 aliphatic heterocycles. The average Bonchev–Trinajstić information content (AvgIpc) is 2.99. The molecule has 3 rings (SSSR count). The van der Waals surface area contributed by atoms with Crippen LogP contribution in [-0.4, -0.2) is 79.1 Å². The Kier molecular flexibility index (Phi) is 12.1. The van der Waals surface area contributed by atoms with Gasteiger partial charge in [0.05, 0.1) is 32.1 Å². The Labute approximate surface area is 263 Å². The second-order valence-corrected chi connectivity index (χ2v) is 12.7. The van der Waals surface area contributed by atoms with E-state index in [2.05, 4.69) is 61.8 Å². The van der Waals surface area contributed by atoms with Crippen molar-refractivity contribution >= 4 is 23.3 Å². The first kappa shape index (κ1) is 34.8. The summed E-state index contributed by atoms with van der Waals surface area (Å²) in [5, 5.41) is 9.55. The monoisotopic (exact) mass is 606 g/mol. The summed E-state index contributed by atoms with van der Waals surface area (Å²) in [6.07, 6.45) is 0. The molecule has 9 heteroatoms. The molecule has 0 unspecified atom stereocenters. The van der Waals surface area contributed by atoms with Crippen LogP contribution in [0.15, 0.2) is 54.1 Å². The molecule has 1 fully saturated rings. The van der Waals surface area contributed by atoms with Gasteiger partial charge in [0.2, 0.25) is 0 Å². The summed E-state index contributed by atoms with van der Waals surface area (Å²) in [4.78, 5) is 27.7. The molecule has 1 N–H and O–H groups in total. The Balaban J connectivity index is 1.70. The van der Waals surface area contributed by atoms with Gasteiger partial charge in [-0.05, 0) is 68.4 Å². The number of nitrogens with one attached hydrogen (secondary N) is 1. The van der Waals surface area contributed by atoms with E-state index in [0.717, 1.165) is 55.2 Å².